The lowest BCUT2D eigenvalue weighted by atomic mass is 10.1. The lowest BCUT2D eigenvalue weighted by molar-refractivity contribution is -0.133. The second-order valence-corrected chi connectivity index (χ2v) is 7.86. The van der Waals surface area contributed by atoms with Crippen molar-refractivity contribution >= 4 is 33.9 Å². The van der Waals surface area contributed by atoms with Gasteiger partial charge in [0.15, 0.2) is 0 Å². The summed E-state index contributed by atoms with van der Waals surface area (Å²) in [6, 6.07) is 11.9. The van der Waals surface area contributed by atoms with Crippen molar-refractivity contribution in [2.75, 3.05) is 0 Å². The highest BCUT2D eigenvalue weighted by Crippen LogP contribution is 2.23. The van der Waals surface area contributed by atoms with E-state index in [0.29, 0.717) is 11.1 Å². The Bertz CT molecular complexity index is 1040. The van der Waals surface area contributed by atoms with Crippen LogP contribution in [0.5, 0.6) is 0 Å². The standard InChI is InChI=1S/C20H18O6S/c1-13(19(21)22)10-15-6-8-17(9-7-15)27(25,26)18-5-3-4-16(12-18)11-14(2)20(23)24/h3-12H,1-2H3,(H,21,22)(H,23,24). The van der Waals surface area contributed by atoms with E-state index in [1.165, 1.54) is 62.4 Å². The van der Waals surface area contributed by atoms with Crippen molar-refractivity contribution in [2.45, 2.75) is 23.6 Å². The minimum Gasteiger partial charge on any atom is -0.478 e. The number of sulfone groups is 1. The highest BCUT2D eigenvalue weighted by atomic mass is 32.2. The summed E-state index contributed by atoms with van der Waals surface area (Å²) in [6.07, 6.45) is 2.84. The lowest BCUT2D eigenvalue weighted by Crippen LogP contribution is -2.02. The first-order valence-electron chi connectivity index (χ1n) is 7.89. The monoisotopic (exact) mass is 386 g/mol. The number of benzene rings is 2. The maximum absolute atomic E-state index is 12.8. The Kier molecular flexibility index (Phi) is 5.97. The molecule has 0 spiro atoms. The van der Waals surface area contributed by atoms with E-state index in [1.807, 2.05) is 0 Å². The molecule has 7 heteroatoms. The molecule has 2 N–H and O–H groups in total. The normalized spacial score (nSPS) is 12.7. The van der Waals surface area contributed by atoms with Crippen LogP contribution in [0.15, 0.2) is 69.5 Å². The molecule has 0 aliphatic carbocycles. The number of carboxylic acid groups (broad SMARTS) is 2. The van der Waals surface area contributed by atoms with E-state index in [1.54, 1.807) is 12.1 Å². The molecule has 0 fully saturated rings. The topological polar surface area (TPSA) is 109 Å². The van der Waals surface area contributed by atoms with Gasteiger partial charge in [0.2, 0.25) is 9.84 Å². The molecule has 2 aromatic carbocycles. The van der Waals surface area contributed by atoms with Gasteiger partial charge in [-0.15, -0.1) is 0 Å². The van der Waals surface area contributed by atoms with E-state index >= 15 is 0 Å². The van der Waals surface area contributed by atoms with Crippen LogP contribution in [-0.2, 0) is 19.4 Å². The summed E-state index contributed by atoms with van der Waals surface area (Å²) >= 11 is 0. The lowest BCUT2D eigenvalue weighted by Gasteiger charge is -2.07. The minimum atomic E-state index is -3.79. The van der Waals surface area contributed by atoms with Crippen molar-refractivity contribution in [3.05, 3.63) is 70.8 Å². The second kappa shape index (κ2) is 8.01. The summed E-state index contributed by atoms with van der Waals surface area (Å²) in [6.45, 7) is 2.87. The van der Waals surface area contributed by atoms with Gasteiger partial charge in [-0.1, -0.05) is 24.3 Å². The van der Waals surface area contributed by atoms with Gasteiger partial charge in [0.25, 0.3) is 0 Å². The summed E-state index contributed by atoms with van der Waals surface area (Å²) in [5, 5.41) is 17.8. The van der Waals surface area contributed by atoms with Crippen LogP contribution in [0.1, 0.15) is 25.0 Å². The van der Waals surface area contributed by atoms with Gasteiger partial charge in [-0.05, 0) is 61.4 Å². The Labute approximate surface area is 157 Å². The quantitative estimate of drug-likeness (QED) is 0.736. The summed E-state index contributed by atoms with van der Waals surface area (Å²) < 4.78 is 25.6. The highest BCUT2D eigenvalue weighted by molar-refractivity contribution is 7.91. The van der Waals surface area contributed by atoms with E-state index in [2.05, 4.69) is 0 Å². The average Bonchev–Trinajstić information content (AvgIpc) is 2.62. The zero-order valence-corrected chi connectivity index (χ0v) is 15.5. The molecule has 0 amide bonds. The SMILES string of the molecule is CC(=Cc1ccc(S(=O)(=O)c2cccc(C=C(C)C(=O)O)c2)cc1)C(=O)O. The fourth-order valence-corrected chi connectivity index (χ4v) is 3.59. The van der Waals surface area contributed by atoms with Crippen molar-refractivity contribution in [2.24, 2.45) is 0 Å². The molecule has 0 aromatic heterocycles. The molecule has 27 heavy (non-hydrogen) atoms. The summed E-state index contributed by atoms with van der Waals surface area (Å²) in [4.78, 5) is 21.9. The smallest absolute Gasteiger partial charge is 0.331 e. The Morgan fingerprint density at radius 3 is 1.81 bits per heavy atom. The summed E-state index contributed by atoms with van der Waals surface area (Å²) in [7, 11) is -3.79. The molecule has 2 rings (SSSR count). The molecule has 0 atom stereocenters. The van der Waals surface area contributed by atoms with Gasteiger partial charge in [-0.25, -0.2) is 18.0 Å². The molecule has 6 nitrogen and oxygen atoms in total. The predicted octanol–water partition coefficient (Wildman–Crippen LogP) is 3.50. The average molecular weight is 386 g/mol. The van der Waals surface area contributed by atoms with Gasteiger partial charge in [0.05, 0.1) is 9.79 Å². The third kappa shape index (κ3) is 4.92. The van der Waals surface area contributed by atoms with Crippen LogP contribution in [0.4, 0.5) is 0 Å². The van der Waals surface area contributed by atoms with Gasteiger partial charge in [-0.2, -0.15) is 0 Å². The van der Waals surface area contributed by atoms with Crippen molar-refractivity contribution in [3.63, 3.8) is 0 Å². The van der Waals surface area contributed by atoms with E-state index in [0.717, 1.165) is 0 Å². The first kappa shape index (κ1) is 20.1. The van der Waals surface area contributed by atoms with E-state index in [9.17, 15) is 18.0 Å². The van der Waals surface area contributed by atoms with Gasteiger partial charge in [0.1, 0.15) is 0 Å². The van der Waals surface area contributed by atoms with Crippen LogP contribution >= 0.6 is 0 Å². The van der Waals surface area contributed by atoms with Crippen molar-refractivity contribution in [1.29, 1.82) is 0 Å². The second-order valence-electron chi connectivity index (χ2n) is 5.91. The van der Waals surface area contributed by atoms with Crippen molar-refractivity contribution in [1.82, 2.24) is 0 Å². The van der Waals surface area contributed by atoms with Crippen LogP contribution in [-0.4, -0.2) is 30.6 Å². The number of rotatable bonds is 6. The first-order valence-corrected chi connectivity index (χ1v) is 9.38. The highest BCUT2D eigenvalue weighted by Gasteiger charge is 2.17. The van der Waals surface area contributed by atoms with Crippen molar-refractivity contribution in [3.8, 4) is 0 Å². The molecule has 0 saturated carbocycles. The molecule has 0 bridgehead atoms. The number of hydrogen-bond acceptors (Lipinski definition) is 4. The largest absolute Gasteiger partial charge is 0.478 e. The molecule has 0 heterocycles. The molecule has 0 aliphatic rings. The molecule has 0 unspecified atom stereocenters. The van der Waals surface area contributed by atoms with Crippen LogP contribution in [0.2, 0.25) is 0 Å². The summed E-state index contributed by atoms with van der Waals surface area (Å²) in [5.74, 6) is -2.13. The van der Waals surface area contributed by atoms with Crippen LogP contribution in [0, 0.1) is 0 Å². The fraction of sp³-hybridized carbons (Fsp3) is 0.100. The molecule has 0 saturated heterocycles. The van der Waals surface area contributed by atoms with E-state index < -0.39 is 21.8 Å². The Morgan fingerprint density at radius 1 is 0.778 bits per heavy atom. The molecule has 2 aromatic rings. The van der Waals surface area contributed by atoms with Gasteiger partial charge in [0, 0.05) is 11.1 Å². The Morgan fingerprint density at radius 2 is 1.30 bits per heavy atom. The maximum atomic E-state index is 12.8. The van der Waals surface area contributed by atoms with Crippen LogP contribution < -0.4 is 0 Å². The van der Waals surface area contributed by atoms with Gasteiger partial charge < -0.3 is 10.2 Å². The zero-order valence-electron chi connectivity index (χ0n) is 14.7. The summed E-state index contributed by atoms with van der Waals surface area (Å²) in [5.41, 5.74) is 1.27. The number of aliphatic carboxylic acids is 2. The van der Waals surface area contributed by atoms with E-state index in [4.69, 9.17) is 10.2 Å². The number of carbonyl (C=O) groups is 2. The number of carboxylic acids is 2. The third-order valence-electron chi connectivity index (χ3n) is 3.80. The van der Waals surface area contributed by atoms with E-state index in [-0.39, 0.29) is 20.9 Å². The molecular weight excluding hydrogens is 368 g/mol. The first-order chi connectivity index (χ1) is 12.6. The molecule has 0 radical (unpaired) electrons. The maximum Gasteiger partial charge on any atom is 0.331 e. The van der Waals surface area contributed by atoms with Crippen LogP contribution in [0.3, 0.4) is 0 Å². The minimum absolute atomic E-state index is 0.0412. The molecular formula is C20H18O6S. The Balaban J connectivity index is 2.39. The predicted molar refractivity (Wildman–Crippen MR) is 101 cm³/mol. The molecule has 0 aliphatic heterocycles. The van der Waals surface area contributed by atoms with Gasteiger partial charge in [-0.3, -0.25) is 0 Å². The van der Waals surface area contributed by atoms with Crippen LogP contribution in [0.25, 0.3) is 12.2 Å². The zero-order chi connectivity index (χ0) is 20.2. The van der Waals surface area contributed by atoms with Crippen molar-refractivity contribution < 1.29 is 28.2 Å². The molecule has 140 valence electrons. The fourth-order valence-electron chi connectivity index (χ4n) is 2.27. The third-order valence-corrected chi connectivity index (χ3v) is 5.57. The number of hydrogen-bond donors (Lipinski definition) is 2. The van der Waals surface area contributed by atoms with Gasteiger partial charge >= 0.3 is 11.9 Å². The Hall–Kier alpha value is -3.19.